The Labute approximate surface area is 123 Å². The zero-order valence-electron chi connectivity index (χ0n) is 13.8. The fourth-order valence-electron chi connectivity index (χ4n) is 3.07. The maximum Gasteiger partial charge on any atom is 0.141 e. The Bertz CT molecular complexity index is 471. The van der Waals surface area contributed by atoms with Crippen LogP contribution in [0.15, 0.2) is 18.2 Å². The summed E-state index contributed by atoms with van der Waals surface area (Å²) in [7, 11) is 1.75. The second-order valence-electron chi connectivity index (χ2n) is 7.91. The molecule has 0 spiro atoms. The van der Waals surface area contributed by atoms with Gasteiger partial charge in [-0.2, -0.15) is 0 Å². The van der Waals surface area contributed by atoms with Gasteiger partial charge in [-0.25, -0.2) is 0 Å². The smallest absolute Gasteiger partial charge is 0.141 e. The summed E-state index contributed by atoms with van der Waals surface area (Å²) >= 11 is 0. The first-order valence-corrected chi connectivity index (χ1v) is 7.66. The molecule has 1 fully saturated rings. The van der Waals surface area contributed by atoms with Gasteiger partial charge in [0.2, 0.25) is 0 Å². The SMILES string of the molecule is COc1ccc(C(C)(C)C)cc1NC1CCC(C)(C)C1. The van der Waals surface area contributed by atoms with Crippen molar-refractivity contribution in [3.05, 3.63) is 23.8 Å². The molecule has 1 atom stereocenters. The molecule has 20 heavy (non-hydrogen) atoms. The Balaban J connectivity index is 2.21. The van der Waals surface area contributed by atoms with E-state index in [1.54, 1.807) is 7.11 Å². The quantitative estimate of drug-likeness (QED) is 0.839. The number of ether oxygens (including phenoxy) is 1. The zero-order chi connectivity index (χ0) is 15.0. The van der Waals surface area contributed by atoms with E-state index in [9.17, 15) is 0 Å². The van der Waals surface area contributed by atoms with Crippen molar-refractivity contribution in [1.29, 1.82) is 0 Å². The highest BCUT2D eigenvalue weighted by molar-refractivity contribution is 5.59. The standard InChI is InChI=1S/C18H29NO/c1-17(2,3)13-7-8-16(20-6)15(11-13)19-14-9-10-18(4,5)12-14/h7-8,11,14,19H,9-10,12H2,1-6H3. The molecule has 0 amide bonds. The predicted octanol–water partition coefficient (Wildman–Crippen LogP) is 4.98. The lowest BCUT2D eigenvalue weighted by Gasteiger charge is -2.24. The number of hydrogen-bond acceptors (Lipinski definition) is 2. The minimum atomic E-state index is 0.164. The molecule has 2 heteroatoms. The van der Waals surface area contributed by atoms with Crippen molar-refractivity contribution in [3.63, 3.8) is 0 Å². The number of anilines is 1. The van der Waals surface area contributed by atoms with Gasteiger partial charge in [0.15, 0.2) is 0 Å². The highest BCUT2D eigenvalue weighted by Gasteiger charge is 2.31. The summed E-state index contributed by atoms with van der Waals surface area (Å²) in [6.45, 7) is 11.5. The summed E-state index contributed by atoms with van der Waals surface area (Å²) in [5.41, 5.74) is 3.12. The van der Waals surface area contributed by atoms with Gasteiger partial charge in [0.05, 0.1) is 12.8 Å². The van der Waals surface area contributed by atoms with E-state index in [0.29, 0.717) is 11.5 Å². The van der Waals surface area contributed by atoms with Crippen LogP contribution in [-0.2, 0) is 5.41 Å². The molecule has 2 nitrogen and oxygen atoms in total. The first-order valence-electron chi connectivity index (χ1n) is 7.66. The second kappa shape index (κ2) is 5.31. The number of methoxy groups -OCH3 is 1. The molecule has 0 bridgehead atoms. The Kier molecular flexibility index (Phi) is 4.04. The molecule has 2 rings (SSSR count). The van der Waals surface area contributed by atoms with Crippen molar-refractivity contribution in [2.75, 3.05) is 12.4 Å². The fraction of sp³-hybridized carbons (Fsp3) is 0.667. The first kappa shape index (κ1) is 15.2. The van der Waals surface area contributed by atoms with Gasteiger partial charge in [0.1, 0.15) is 5.75 Å². The van der Waals surface area contributed by atoms with Gasteiger partial charge >= 0.3 is 0 Å². The van der Waals surface area contributed by atoms with E-state index in [1.807, 2.05) is 0 Å². The molecule has 0 saturated heterocycles. The van der Waals surface area contributed by atoms with Gasteiger partial charge in [-0.1, -0.05) is 40.7 Å². The van der Waals surface area contributed by atoms with Crippen LogP contribution in [0.2, 0.25) is 0 Å². The molecule has 0 radical (unpaired) electrons. The van der Waals surface area contributed by atoms with Crippen molar-refractivity contribution >= 4 is 5.69 Å². The molecule has 1 N–H and O–H groups in total. The van der Waals surface area contributed by atoms with Crippen LogP contribution in [0.5, 0.6) is 5.75 Å². The third-order valence-corrected chi connectivity index (χ3v) is 4.39. The van der Waals surface area contributed by atoms with E-state index in [0.717, 1.165) is 11.4 Å². The van der Waals surface area contributed by atoms with Crippen LogP contribution in [0, 0.1) is 5.41 Å². The maximum absolute atomic E-state index is 5.51. The van der Waals surface area contributed by atoms with E-state index in [4.69, 9.17) is 4.74 Å². The predicted molar refractivity (Wildman–Crippen MR) is 86.7 cm³/mol. The molecule has 1 saturated carbocycles. The Morgan fingerprint density at radius 2 is 1.95 bits per heavy atom. The summed E-state index contributed by atoms with van der Waals surface area (Å²) in [5, 5.41) is 3.70. The fourth-order valence-corrected chi connectivity index (χ4v) is 3.07. The molecule has 1 aromatic rings. The molecule has 1 aliphatic carbocycles. The molecule has 1 aliphatic rings. The zero-order valence-corrected chi connectivity index (χ0v) is 13.8. The molecule has 0 aliphatic heterocycles. The van der Waals surface area contributed by atoms with E-state index in [-0.39, 0.29) is 5.41 Å². The lowest BCUT2D eigenvalue weighted by atomic mass is 9.86. The van der Waals surface area contributed by atoms with Gasteiger partial charge in [0, 0.05) is 6.04 Å². The summed E-state index contributed by atoms with van der Waals surface area (Å²) in [5.74, 6) is 0.947. The third kappa shape index (κ3) is 3.47. The number of benzene rings is 1. The molecule has 1 aromatic carbocycles. The van der Waals surface area contributed by atoms with Crippen molar-refractivity contribution < 1.29 is 4.74 Å². The summed E-state index contributed by atoms with van der Waals surface area (Å²) in [4.78, 5) is 0. The second-order valence-corrected chi connectivity index (χ2v) is 7.91. The maximum atomic E-state index is 5.51. The van der Waals surface area contributed by atoms with Crippen LogP contribution in [0.4, 0.5) is 5.69 Å². The van der Waals surface area contributed by atoms with Gasteiger partial charge < -0.3 is 10.1 Å². The first-order chi connectivity index (χ1) is 9.21. The van der Waals surface area contributed by atoms with Crippen molar-refractivity contribution in [3.8, 4) is 5.75 Å². The molecule has 0 heterocycles. The molecular weight excluding hydrogens is 246 g/mol. The molecule has 112 valence electrons. The van der Waals surface area contributed by atoms with Gasteiger partial charge in [-0.05, 0) is 47.8 Å². The molecule has 0 aromatic heterocycles. The van der Waals surface area contributed by atoms with Crippen LogP contribution in [0.3, 0.4) is 0 Å². The average molecular weight is 275 g/mol. The monoisotopic (exact) mass is 275 g/mol. The van der Waals surface area contributed by atoms with Crippen LogP contribution in [-0.4, -0.2) is 13.2 Å². The van der Waals surface area contributed by atoms with Gasteiger partial charge in [-0.15, -0.1) is 0 Å². The molecular formula is C18H29NO. The topological polar surface area (TPSA) is 21.3 Å². The van der Waals surface area contributed by atoms with Gasteiger partial charge in [0.25, 0.3) is 0 Å². The Morgan fingerprint density at radius 1 is 1.25 bits per heavy atom. The van der Waals surface area contributed by atoms with Crippen molar-refractivity contribution in [2.45, 2.75) is 65.3 Å². The number of rotatable bonds is 3. The van der Waals surface area contributed by atoms with E-state index in [1.165, 1.54) is 24.8 Å². The lowest BCUT2D eigenvalue weighted by Crippen LogP contribution is -2.19. The minimum absolute atomic E-state index is 0.164. The lowest BCUT2D eigenvalue weighted by molar-refractivity contribution is 0.378. The normalized spacial score (nSPS) is 21.8. The minimum Gasteiger partial charge on any atom is -0.495 e. The van der Waals surface area contributed by atoms with Crippen LogP contribution in [0.1, 0.15) is 59.4 Å². The van der Waals surface area contributed by atoms with Crippen LogP contribution >= 0.6 is 0 Å². The summed E-state index contributed by atoms with van der Waals surface area (Å²) in [6.07, 6.45) is 3.78. The Morgan fingerprint density at radius 3 is 2.45 bits per heavy atom. The largest absolute Gasteiger partial charge is 0.495 e. The number of nitrogens with one attached hydrogen (secondary N) is 1. The summed E-state index contributed by atoms with van der Waals surface area (Å²) in [6, 6.07) is 7.07. The average Bonchev–Trinajstić information content (AvgIpc) is 2.67. The van der Waals surface area contributed by atoms with Crippen molar-refractivity contribution in [1.82, 2.24) is 0 Å². The Hall–Kier alpha value is -1.18. The van der Waals surface area contributed by atoms with Gasteiger partial charge in [-0.3, -0.25) is 0 Å². The highest BCUT2D eigenvalue weighted by atomic mass is 16.5. The highest BCUT2D eigenvalue weighted by Crippen LogP contribution is 2.40. The summed E-state index contributed by atoms with van der Waals surface area (Å²) < 4.78 is 5.51. The molecule has 1 unspecified atom stereocenters. The third-order valence-electron chi connectivity index (χ3n) is 4.39. The van der Waals surface area contributed by atoms with Crippen molar-refractivity contribution in [2.24, 2.45) is 5.41 Å². The van der Waals surface area contributed by atoms with E-state index >= 15 is 0 Å². The number of hydrogen-bond donors (Lipinski definition) is 1. The van der Waals surface area contributed by atoms with Crippen LogP contribution < -0.4 is 10.1 Å². The van der Waals surface area contributed by atoms with E-state index < -0.39 is 0 Å². The van der Waals surface area contributed by atoms with E-state index in [2.05, 4.69) is 58.1 Å². The van der Waals surface area contributed by atoms with Crippen LogP contribution in [0.25, 0.3) is 0 Å².